The smallest absolute Gasteiger partial charge is 0.132 e. The summed E-state index contributed by atoms with van der Waals surface area (Å²) in [5, 5.41) is 8.16. The maximum atomic E-state index is 4.56. The molecule has 110 valence electrons. The number of rotatable bonds is 7. The minimum absolute atomic E-state index is 0.0997. The van der Waals surface area contributed by atoms with E-state index in [-0.39, 0.29) is 6.04 Å². The van der Waals surface area contributed by atoms with Gasteiger partial charge in [-0.05, 0) is 32.4 Å². The van der Waals surface area contributed by atoms with Gasteiger partial charge in [0.1, 0.15) is 11.9 Å². The van der Waals surface area contributed by atoms with E-state index < -0.39 is 0 Å². The largest absolute Gasteiger partial charge is 0.334 e. The van der Waals surface area contributed by atoms with Crippen molar-refractivity contribution in [1.29, 1.82) is 0 Å². The Kier molecular flexibility index (Phi) is 4.95. The van der Waals surface area contributed by atoms with Gasteiger partial charge in [-0.25, -0.2) is 4.98 Å². The molecular formula is C15H25N5. The monoisotopic (exact) mass is 275 g/mol. The Bertz CT molecular complexity index is 540. The fraction of sp³-hybridized carbons (Fsp3) is 0.600. The van der Waals surface area contributed by atoms with Gasteiger partial charge in [0.05, 0.1) is 11.4 Å². The van der Waals surface area contributed by atoms with Crippen LogP contribution in [0.3, 0.4) is 0 Å². The molecule has 0 aliphatic carbocycles. The lowest BCUT2D eigenvalue weighted by atomic mass is 10.1. The molecule has 0 amide bonds. The molecule has 1 atom stereocenters. The highest BCUT2D eigenvalue weighted by Crippen LogP contribution is 2.21. The molecule has 2 rings (SSSR count). The summed E-state index contributed by atoms with van der Waals surface area (Å²) in [4.78, 5) is 4.55. The molecule has 0 spiro atoms. The number of nitrogens with one attached hydrogen (secondary N) is 1. The summed E-state index contributed by atoms with van der Waals surface area (Å²) in [5.41, 5.74) is 2.30. The highest BCUT2D eigenvalue weighted by molar-refractivity contribution is 5.21. The first-order valence-corrected chi connectivity index (χ1v) is 7.48. The predicted molar refractivity (Wildman–Crippen MR) is 80.6 cm³/mol. The van der Waals surface area contributed by atoms with E-state index in [0.717, 1.165) is 37.4 Å². The third-order valence-corrected chi connectivity index (χ3v) is 3.57. The zero-order valence-electron chi connectivity index (χ0n) is 12.9. The lowest BCUT2D eigenvalue weighted by molar-refractivity contribution is 0.509. The molecule has 0 aliphatic heterocycles. The van der Waals surface area contributed by atoms with Gasteiger partial charge in [-0.2, -0.15) is 5.10 Å². The van der Waals surface area contributed by atoms with Crippen molar-refractivity contribution < 1.29 is 0 Å². The predicted octanol–water partition coefficient (Wildman–Crippen LogP) is 2.29. The van der Waals surface area contributed by atoms with Crippen molar-refractivity contribution in [3.8, 4) is 0 Å². The highest BCUT2D eigenvalue weighted by atomic mass is 15.3. The minimum Gasteiger partial charge on any atom is -0.334 e. The molecule has 0 fully saturated rings. The first kappa shape index (κ1) is 14.8. The van der Waals surface area contributed by atoms with E-state index in [2.05, 4.69) is 46.8 Å². The molecule has 2 aromatic rings. The standard InChI is InChI=1S/C15H25N5/c1-5-8-16-14(15-17-9-10-20(15)7-3)13-11-12(6-2)18-19(13)4/h9-11,14,16H,5-8H2,1-4H3. The van der Waals surface area contributed by atoms with Crippen LogP contribution in [-0.2, 0) is 20.0 Å². The van der Waals surface area contributed by atoms with Gasteiger partial charge >= 0.3 is 0 Å². The van der Waals surface area contributed by atoms with Gasteiger partial charge in [-0.3, -0.25) is 4.68 Å². The third kappa shape index (κ3) is 2.93. The van der Waals surface area contributed by atoms with E-state index in [0.29, 0.717) is 0 Å². The van der Waals surface area contributed by atoms with Gasteiger partial charge in [0, 0.05) is 26.0 Å². The Hall–Kier alpha value is -1.62. The van der Waals surface area contributed by atoms with E-state index in [1.165, 1.54) is 5.69 Å². The number of aryl methyl sites for hydroxylation is 3. The van der Waals surface area contributed by atoms with Crippen molar-refractivity contribution in [3.05, 3.63) is 35.7 Å². The highest BCUT2D eigenvalue weighted by Gasteiger charge is 2.22. The van der Waals surface area contributed by atoms with Gasteiger partial charge in [-0.15, -0.1) is 0 Å². The SMILES string of the molecule is CCCNC(c1nccn1CC)c1cc(CC)nn1C. The Labute approximate surface area is 121 Å². The Morgan fingerprint density at radius 3 is 2.70 bits per heavy atom. The molecule has 2 heterocycles. The van der Waals surface area contributed by atoms with Gasteiger partial charge in [0.2, 0.25) is 0 Å². The normalized spacial score (nSPS) is 12.8. The summed E-state index contributed by atoms with van der Waals surface area (Å²) in [6.45, 7) is 8.35. The van der Waals surface area contributed by atoms with E-state index in [1.54, 1.807) is 0 Å². The van der Waals surface area contributed by atoms with Crippen LogP contribution < -0.4 is 5.32 Å². The fourth-order valence-electron chi connectivity index (χ4n) is 2.45. The van der Waals surface area contributed by atoms with Crippen molar-refractivity contribution in [3.63, 3.8) is 0 Å². The van der Waals surface area contributed by atoms with E-state index in [4.69, 9.17) is 0 Å². The fourth-order valence-corrected chi connectivity index (χ4v) is 2.45. The van der Waals surface area contributed by atoms with Crippen LogP contribution in [0.5, 0.6) is 0 Å². The molecule has 0 saturated carbocycles. The Morgan fingerprint density at radius 2 is 2.10 bits per heavy atom. The molecule has 5 heteroatoms. The summed E-state index contributed by atoms with van der Waals surface area (Å²) < 4.78 is 4.16. The first-order chi connectivity index (χ1) is 9.71. The zero-order valence-corrected chi connectivity index (χ0v) is 12.9. The molecule has 0 bridgehead atoms. The maximum Gasteiger partial charge on any atom is 0.132 e. The van der Waals surface area contributed by atoms with Crippen molar-refractivity contribution in [2.75, 3.05) is 6.54 Å². The van der Waals surface area contributed by atoms with Gasteiger partial charge in [0.25, 0.3) is 0 Å². The van der Waals surface area contributed by atoms with Crippen LogP contribution in [-0.4, -0.2) is 25.9 Å². The minimum atomic E-state index is 0.0997. The van der Waals surface area contributed by atoms with Crippen molar-refractivity contribution in [2.45, 2.75) is 46.2 Å². The second-order valence-electron chi connectivity index (χ2n) is 5.00. The number of nitrogens with zero attached hydrogens (tertiary/aromatic N) is 4. The van der Waals surface area contributed by atoms with Gasteiger partial charge in [0.15, 0.2) is 0 Å². The molecule has 0 saturated heterocycles. The maximum absolute atomic E-state index is 4.56. The van der Waals surface area contributed by atoms with Crippen molar-refractivity contribution in [1.82, 2.24) is 24.6 Å². The molecule has 2 aromatic heterocycles. The average molecular weight is 275 g/mol. The average Bonchev–Trinajstić information content (AvgIpc) is 3.06. The lowest BCUT2D eigenvalue weighted by Gasteiger charge is -2.19. The second kappa shape index (κ2) is 6.70. The molecule has 0 aromatic carbocycles. The summed E-state index contributed by atoms with van der Waals surface area (Å²) in [5.74, 6) is 1.06. The molecule has 1 N–H and O–H groups in total. The molecular weight excluding hydrogens is 250 g/mol. The number of imidazole rings is 1. The molecule has 1 unspecified atom stereocenters. The number of hydrogen-bond acceptors (Lipinski definition) is 3. The molecule has 0 aliphatic rings. The second-order valence-corrected chi connectivity index (χ2v) is 5.00. The van der Waals surface area contributed by atoms with Crippen molar-refractivity contribution in [2.24, 2.45) is 7.05 Å². The van der Waals surface area contributed by atoms with Crippen LogP contribution in [0, 0.1) is 0 Å². The molecule has 5 nitrogen and oxygen atoms in total. The number of aromatic nitrogens is 4. The van der Waals surface area contributed by atoms with E-state index in [1.807, 2.05) is 24.1 Å². The summed E-state index contributed by atoms with van der Waals surface area (Å²) in [7, 11) is 2.01. The van der Waals surface area contributed by atoms with Crippen LogP contribution in [0.1, 0.15) is 50.4 Å². The molecule has 0 radical (unpaired) electrons. The van der Waals surface area contributed by atoms with Gasteiger partial charge < -0.3 is 9.88 Å². The topological polar surface area (TPSA) is 47.7 Å². The first-order valence-electron chi connectivity index (χ1n) is 7.48. The quantitative estimate of drug-likeness (QED) is 0.843. The van der Waals surface area contributed by atoms with E-state index >= 15 is 0 Å². The summed E-state index contributed by atoms with van der Waals surface area (Å²) in [6.07, 6.45) is 5.96. The van der Waals surface area contributed by atoms with Crippen LogP contribution in [0.15, 0.2) is 18.5 Å². The summed E-state index contributed by atoms with van der Waals surface area (Å²) in [6, 6.07) is 2.28. The van der Waals surface area contributed by atoms with Crippen LogP contribution >= 0.6 is 0 Å². The van der Waals surface area contributed by atoms with Crippen LogP contribution in [0.2, 0.25) is 0 Å². The third-order valence-electron chi connectivity index (χ3n) is 3.57. The van der Waals surface area contributed by atoms with Crippen molar-refractivity contribution >= 4 is 0 Å². The lowest BCUT2D eigenvalue weighted by Crippen LogP contribution is -2.28. The van der Waals surface area contributed by atoms with Crippen LogP contribution in [0.25, 0.3) is 0 Å². The Morgan fingerprint density at radius 1 is 1.30 bits per heavy atom. The van der Waals surface area contributed by atoms with Crippen LogP contribution in [0.4, 0.5) is 0 Å². The number of hydrogen-bond donors (Lipinski definition) is 1. The molecule has 20 heavy (non-hydrogen) atoms. The van der Waals surface area contributed by atoms with Gasteiger partial charge in [-0.1, -0.05) is 13.8 Å². The zero-order chi connectivity index (χ0) is 14.5. The van der Waals surface area contributed by atoms with E-state index in [9.17, 15) is 0 Å². The Balaban J connectivity index is 2.38. The summed E-state index contributed by atoms with van der Waals surface area (Å²) >= 11 is 0.